The van der Waals surface area contributed by atoms with Crippen LogP contribution in [0, 0.1) is 13.8 Å². The van der Waals surface area contributed by atoms with Gasteiger partial charge in [-0.2, -0.15) is 0 Å². The van der Waals surface area contributed by atoms with Gasteiger partial charge in [0.25, 0.3) is 0 Å². The molecule has 0 saturated carbocycles. The summed E-state index contributed by atoms with van der Waals surface area (Å²) >= 11 is 0. The molecule has 0 aliphatic heterocycles. The molecule has 0 amide bonds. The van der Waals surface area contributed by atoms with E-state index >= 15 is 0 Å². The number of rotatable bonds is 7. The van der Waals surface area contributed by atoms with Gasteiger partial charge in [0.15, 0.2) is 0 Å². The van der Waals surface area contributed by atoms with E-state index in [-0.39, 0.29) is 0 Å². The summed E-state index contributed by atoms with van der Waals surface area (Å²) < 4.78 is 4.99. The van der Waals surface area contributed by atoms with E-state index in [1.54, 1.807) is 7.11 Å². The second kappa shape index (κ2) is 8.06. The van der Waals surface area contributed by atoms with Crippen LogP contribution in [-0.2, 0) is 4.74 Å². The van der Waals surface area contributed by atoms with Crippen molar-refractivity contribution in [2.24, 2.45) is 0 Å². The molecule has 2 heteroatoms. The van der Waals surface area contributed by atoms with Crippen molar-refractivity contribution >= 4 is 5.57 Å². The van der Waals surface area contributed by atoms with Crippen molar-refractivity contribution < 1.29 is 4.74 Å². The SMILES string of the molecule is COCCNCCC=C(C)c1ccc(C)cc1C. The van der Waals surface area contributed by atoms with E-state index < -0.39 is 0 Å². The molecule has 2 nitrogen and oxygen atoms in total. The van der Waals surface area contributed by atoms with Crippen molar-refractivity contribution in [3.05, 3.63) is 41.0 Å². The van der Waals surface area contributed by atoms with Crippen molar-refractivity contribution in [2.75, 3.05) is 26.8 Å². The lowest BCUT2D eigenvalue weighted by Gasteiger charge is -2.08. The first-order valence-corrected chi connectivity index (χ1v) is 6.59. The molecule has 0 aliphatic carbocycles. The Morgan fingerprint density at radius 3 is 2.72 bits per heavy atom. The maximum absolute atomic E-state index is 4.99. The molecule has 0 radical (unpaired) electrons. The first-order valence-electron chi connectivity index (χ1n) is 6.59. The smallest absolute Gasteiger partial charge is 0.0587 e. The highest BCUT2D eigenvalue weighted by atomic mass is 16.5. The number of hydrogen-bond acceptors (Lipinski definition) is 2. The summed E-state index contributed by atoms with van der Waals surface area (Å²) in [5, 5.41) is 3.35. The van der Waals surface area contributed by atoms with Crippen molar-refractivity contribution in [3.63, 3.8) is 0 Å². The highest BCUT2D eigenvalue weighted by molar-refractivity contribution is 5.66. The van der Waals surface area contributed by atoms with Crippen LogP contribution in [0.3, 0.4) is 0 Å². The molecule has 0 aliphatic rings. The molecular formula is C16H25NO. The predicted molar refractivity (Wildman–Crippen MR) is 78.9 cm³/mol. The number of ether oxygens (including phenoxy) is 1. The molecule has 0 unspecified atom stereocenters. The molecule has 0 fully saturated rings. The average molecular weight is 247 g/mol. The summed E-state index contributed by atoms with van der Waals surface area (Å²) in [6.45, 7) is 9.21. The molecule has 1 N–H and O–H groups in total. The minimum atomic E-state index is 0.778. The van der Waals surface area contributed by atoms with Gasteiger partial charge in [0.1, 0.15) is 0 Å². The molecule has 1 aromatic carbocycles. The molecule has 1 rings (SSSR count). The average Bonchev–Trinajstić information content (AvgIpc) is 2.33. The number of nitrogens with one attached hydrogen (secondary N) is 1. The van der Waals surface area contributed by atoms with Crippen LogP contribution in [0.2, 0.25) is 0 Å². The Labute approximate surface area is 111 Å². The van der Waals surface area contributed by atoms with E-state index in [1.807, 2.05) is 0 Å². The molecule has 0 bridgehead atoms. The second-order valence-electron chi connectivity index (χ2n) is 4.74. The normalized spacial score (nSPS) is 11.9. The number of aryl methyl sites for hydroxylation is 2. The third kappa shape index (κ3) is 5.03. The monoisotopic (exact) mass is 247 g/mol. The fourth-order valence-electron chi connectivity index (χ4n) is 2.06. The highest BCUT2D eigenvalue weighted by Crippen LogP contribution is 2.19. The Kier molecular flexibility index (Phi) is 6.69. The highest BCUT2D eigenvalue weighted by Gasteiger charge is 2.00. The lowest BCUT2D eigenvalue weighted by atomic mass is 9.99. The molecule has 0 heterocycles. The minimum absolute atomic E-state index is 0.778. The van der Waals surface area contributed by atoms with Crippen LogP contribution in [0.25, 0.3) is 5.57 Å². The van der Waals surface area contributed by atoms with Crippen LogP contribution in [0.4, 0.5) is 0 Å². The third-order valence-corrected chi connectivity index (χ3v) is 3.06. The first-order chi connectivity index (χ1) is 8.65. The largest absolute Gasteiger partial charge is 0.383 e. The Hall–Kier alpha value is -1.12. The van der Waals surface area contributed by atoms with Crippen LogP contribution in [-0.4, -0.2) is 26.8 Å². The van der Waals surface area contributed by atoms with Crippen molar-refractivity contribution in [2.45, 2.75) is 27.2 Å². The quantitative estimate of drug-likeness (QED) is 0.746. The number of hydrogen-bond donors (Lipinski definition) is 1. The number of benzene rings is 1. The van der Waals surface area contributed by atoms with E-state index in [0.29, 0.717) is 0 Å². The summed E-state index contributed by atoms with van der Waals surface area (Å²) in [6, 6.07) is 6.63. The Bertz CT molecular complexity index is 396. The van der Waals surface area contributed by atoms with Crippen LogP contribution in [0.15, 0.2) is 24.3 Å². The minimum Gasteiger partial charge on any atom is -0.383 e. The maximum atomic E-state index is 4.99. The molecular weight excluding hydrogens is 222 g/mol. The van der Waals surface area contributed by atoms with Gasteiger partial charge in [0.2, 0.25) is 0 Å². The van der Waals surface area contributed by atoms with Crippen molar-refractivity contribution in [1.82, 2.24) is 5.32 Å². The van der Waals surface area contributed by atoms with Gasteiger partial charge in [-0.1, -0.05) is 29.8 Å². The zero-order chi connectivity index (χ0) is 13.4. The van der Waals surface area contributed by atoms with Gasteiger partial charge >= 0.3 is 0 Å². The zero-order valence-corrected chi connectivity index (χ0v) is 12.0. The molecule has 0 saturated heterocycles. The molecule has 0 atom stereocenters. The Morgan fingerprint density at radius 2 is 2.06 bits per heavy atom. The van der Waals surface area contributed by atoms with Gasteiger partial charge in [-0.15, -0.1) is 0 Å². The molecule has 0 aromatic heterocycles. The van der Waals surface area contributed by atoms with Gasteiger partial charge in [-0.3, -0.25) is 0 Å². The summed E-state index contributed by atoms with van der Waals surface area (Å²) in [4.78, 5) is 0. The van der Waals surface area contributed by atoms with Crippen molar-refractivity contribution in [3.8, 4) is 0 Å². The Balaban J connectivity index is 2.45. The standard InChI is InChI=1S/C16H25NO/c1-13-7-8-16(15(3)12-13)14(2)6-5-9-17-10-11-18-4/h6-8,12,17H,5,9-11H2,1-4H3. The van der Waals surface area contributed by atoms with E-state index in [9.17, 15) is 0 Å². The van der Waals surface area contributed by atoms with Crippen LogP contribution >= 0.6 is 0 Å². The summed E-state index contributed by atoms with van der Waals surface area (Å²) in [6.07, 6.45) is 3.36. The molecule has 18 heavy (non-hydrogen) atoms. The van der Waals surface area contributed by atoms with E-state index in [2.05, 4.69) is 50.4 Å². The molecule has 1 aromatic rings. The van der Waals surface area contributed by atoms with Crippen LogP contribution in [0.1, 0.15) is 30.0 Å². The number of allylic oxidation sites excluding steroid dienone is 1. The van der Waals surface area contributed by atoms with Crippen molar-refractivity contribution in [1.29, 1.82) is 0 Å². The topological polar surface area (TPSA) is 21.3 Å². The lowest BCUT2D eigenvalue weighted by Crippen LogP contribution is -2.19. The number of methoxy groups -OCH3 is 1. The van der Waals surface area contributed by atoms with Gasteiger partial charge in [-0.05, 0) is 50.4 Å². The van der Waals surface area contributed by atoms with Gasteiger partial charge in [0, 0.05) is 13.7 Å². The summed E-state index contributed by atoms with van der Waals surface area (Å²) in [5.74, 6) is 0. The summed E-state index contributed by atoms with van der Waals surface area (Å²) in [5.41, 5.74) is 5.40. The van der Waals surface area contributed by atoms with Crippen LogP contribution < -0.4 is 5.32 Å². The molecule has 0 spiro atoms. The lowest BCUT2D eigenvalue weighted by molar-refractivity contribution is 0.199. The molecule has 100 valence electrons. The van der Waals surface area contributed by atoms with Gasteiger partial charge in [-0.25, -0.2) is 0 Å². The third-order valence-electron chi connectivity index (χ3n) is 3.06. The zero-order valence-electron chi connectivity index (χ0n) is 12.0. The fourth-order valence-corrected chi connectivity index (χ4v) is 2.06. The van der Waals surface area contributed by atoms with Gasteiger partial charge in [0.05, 0.1) is 6.61 Å². The van der Waals surface area contributed by atoms with E-state index in [0.717, 1.165) is 26.1 Å². The second-order valence-corrected chi connectivity index (χ2v) is 4.74. The Morgan fingerprint density at radius 1 is 1.28 bits per heavy atom. The summed E-state index contributed by atoms with van der Waals surface area (Å²) in [7, 11) is 1.73. The predicted octanol–water partition coefficient (Wildman–Crippen LogP) is 3.33. The van der Waals surface area contributed by atoms with Gasteiger partial charge < -0.3 is 10.1 Å². The maximum Gasteiger partial charge on any atom is 0.0587 e. The first kappa shape index (κ1) is 14.9. The van der Waals surface area contributed by atoms with Crippen LogP contribution in [0.5, 0.6) is 0 Å². The fraction of sp³-hybridized carbons (Fsp3) is 0.500. The van der Waals surface area contributed by atoms with E-state index in [4.69, 9.17) is 4.74 Å². The van der Waals surface area contributed by atoms with E-state index in [1.165, 1.54) is 22.3 Å².